The molecule has 0 saturated heterocycles. The lowest BCUT2D eigenvalue weighted by Gasteiger charge is -2.32. The van der Waals surface area contributed by atoms with E-state index < -0.39 is 28.5 Å². The third kappa shape index (κ3) is 8.11. The fraction of sp³-hybridized carbons (Fsp3) is 0.462. The summed E-state index contributed by atoms with van der Waals surface area (Å²) in [5, 5.41) is 3.54. The van der Waals surface area contributed by atoms with Crippen molar-refractivity contribution in [2.75, 3.05) is 23.7 Å². The monoisotopic (exact) mass is 555 g/mol. The van der Waals surface area contributed by atoms with Gasteiger partial charge in [0, 0.05) is 28.7 Å². The molecule has 198 valence electrons. The second-order valence-electron chi connectivity index (χ2n) is 9.06. The molecule has 2 rings (SSSR count). The van der Waals surface area contributed by atoms with Crippen molar-refractivity contribution in [3.8, 4) is 0 Å². The van der Waals surface area contributed by atoms with E-state index in [0.29, 0.717) is 27.8 Å². The van der Waals surface area contributed by atoms with Gasteiger partial charge in [0.2, 0.25) is 21.8 Å². The van der Waals surface area contributed by atoms with Crippen LogP contribution < -0.4 is 9.62 Å². The minimum atomic E-state index is -3.80. The summed E-state index contributed by atoms with van der Waals surface area (Å²) in [4.78, 5) is 27.8. The lowest BCUT2D eigenvalue weighted by molar-refractivity contribution is -0.139. The number of anilines is 1. The molecule has 0 aliphatic carbocycles. The van der Waals surface area contributed by atoms with E-state index in [-0.39, 0.29) is 18.4 Å². The van der Waals surface area contributed by atoms with E-state index in [9.17, 15) is 18.0 Å². The van der Waals surface area contributed by atoms with Gasteiger partial charge in [-0.05, 0) is 49.1 Å². The van der Waals surface area contributed by atoms with E-state index in [0.717, 1.165) is 29.0 Å². The highest BCUT2D eigenvalue weighted by Crippen LogP contribution is 2.27. The SMILES string of the molecule is CCCCNC(=O)[C@@H](C)N(Cc1c(Cl)cccc1Cl)C(=O)CN(c1ccc(C(C)C)cc1)S(C)(=O)=O. The standard InChI is InChI=1S/C26H35Cl2N3O4S/c1-6-7-15-29-26(33)19(4)30(16-22-23(27)9-8-10-24(22)28)25(32)17-31(36(5,34)35)21-13-11-20(12-14-21)18(2)3/h8-14,18-19H,6-7,15-17H2,1-5H3,(H,29,33)/t19-/m1/s1. The number of hydrogen-bond donors (Lipinski definition) is 1. The number of amides is 2. The molecule has 0 aliphatic heterocycles. The normalized spacial score (nSPS) is 12.3. The van der Waals surface area contributed by atoms with Gasteiger partial charge < -0.3 is 10.2 Å². The molecule has 0 radical (unpaired) electrons. The lowest BCUT2D eigenvalue weighted by Crippen LogP contribution is -2.51. The Hall–Kier alpha value is -2.29. The van der Waals surface area contributed by atoms with Crippen LogP contribution >= 0.6 is 23.2 Å². The van der Waals surface area contributed by atoms with Gasteiger partial charge in [0.15, 0.2) is 0 Å². The average Bonchev–Trinajstić information content (AvgIpc) is 2.81. The zero-order chi connectivity index (χ0) is 27.0. The maximum absolute atomic E-state index is 13.6. The first-order valence-electron chi connectivity index (χ1n) is 11.9. The summed E-state index contributed by atoms with van der Waals surface area (Å²) < 4.78 is 26.4. The number of sulfonamides is 1. The van der Waals surface area contributed by atoms with Crippen molar-refractivity contribution >= 4 is 50.7 Å². The van der Waals surface area contributed by atoms with Crippen LogP contribution in [0.1, 0.15) is 57.6 Å². The largest absolute Gasteiger partial charge is 0.354 e. The van der Waals surface area contributed by atoms with Crippen LogP contribution in [0.2, 0.25) is 10.0 Å². The van der Waals surface area contributed by atoms with Crippen molar-refractivity contribution in [1.29, 1.82) is 0 Å². The van der Waals surface area contributed by atoms with Gasteiger partial charge in [0.1, 0.15) is 12.6 Å². The van der Waals surface area contributed by atoms with Crippen molar-refractivity contribution in [2.24, 2.45) is 0 Å². The summed E-state index contributed by atoms with van der Waals surface area (Å²) in [6.45, 7) is 7.64. The van der Waals surface area contributed by atoms with E-state index >= 15 is 0 Å². The number of halogens is 2. The third-order valence-electron chi connectivity index (χ3n) is 5.91. The molecule has 2 aromatic rings. The predicted octanol–water partition coefficient (Wildman–Crippen LogP) is 5.22. The lowest BCUT2D eigenvalue weighted by atomic mass is 10.0. The Kier molecular flexibility index (Phi) is 11.1. The van der Waals surface area contributed by atoms with E-state index in [1.807, 2.05) is 32.9 Å². The molecule has 7 nitrogen and oxygen atoms in total. The maximum atomic E-state index is 13.6. The molecule has 10 heteroatoms. The van der Waals surface area contributed by atoms with E-state index in [4.69, 9.17) is 23.2 Å². The summed E-state index contributed by atoms with van der Waals surface area (Å²) in [6, 6.07) is 11.1. The fourth-order valence-electron chi connectivity index (χ4n) is 3.61. The molecule has 36 heavy (non-hydrogen) atoms. The zero-order valence-corrected chi connectivity index (χ0v) is 23.8. The Morgan fingerprint density at radius 3 is 2.08 bits per heavy atom. The molecule has 2 amide bonds. The summed E-state index contributed by atoms with van der Waals surface area (Å²) in [6.07, 6.45) is 2.76. The Morgan fingerprint density at radius 1 is 1.00 bits per heavy atom. The first-order valence-corrected chi connectivity index (χ1v) is 14.5. The molecular weight excluding hydrogens is 521 g/mol. The smallest absolute Gasteiger partial charge is 0.244 e. The number of carbonyl (C=O) groups excluding carboxylic acids is 2. The Balaban J connectivity index is 2.41. The van der Waals surface area contributed by atoms with Gasteiger partial charge in [0.05, 0.1) is 11.9 Å². The van der Waals surface area contributed by atoms with Crippen LogP contribution in [-0.4, -0.2) is 50.5 Å². The molecule has 0 heterocycles. The van der Waals surface area contributed by atoms with E-state index in [1.54, 1.807) is 37.3 Å². The highest BCUT2D eigenvalue weighted by molar-refractivity contribution is 7.92. The van der Waals surface area contributed by atoms with Crippen LogP contribution in [0.15, 0.2) is 42.5 Å². The van der Waals surface area contributed by atoms with Crippen LogP contribution in [0.4, 0.5) is 5.69 Å². The second-order valence-corrected chi connectivity index (χ2v) is 11.8. The van der Waals surface area contributed by atoms with Crippen molar-refractivity contribution < 1.29 is 18.0 Å². The van der Waals surface area contributed by atoms with Gasteiger partial charge in [-0.1, -0.05) is 68.6 Å². The summed E-state index contributed by atoms with van der Waals surface area (Å²) in [5.74, 6) is -0.620. The van der Waals surface area contributed by atoms with Crippen LogP contribution in [0.25, 0.3) is 0 Å². The van der Waals surface area contributed by atoms with Crippen LogP contribution in [0, 0.1) is 0 Å². The molecule has 0 aliphatic rings. The van der Waals surface area contributed by atoms with Gasteiger partial charge in [0.25, 0.3) is 0 Å². The van der Waals surface area contributed by atoms with Crippen molar-refractivity contribution in [1.82, 2.24) is 10.2 Å². The minimum Gasteiger partial charge on any atom is -0.354 e. The molecule has 0 spiro atoms. The van der Waals surface area contributed by atoms with Crippen molar-refractivity contribution in [3.63, 3.8) is 0 Å². The molecular formula is C26H35Cl2N3O4S. The molecule has 1 atom stereocenters. The Morgan fingerprint density at radius 2 is 1.58 bits per heavy atom. The summed E-state index contributed by atoms with van der Waals surface area (Å²) >= 11 is 12.7. The first kappa shape index (κ1) is 29.9. The number of benzene rings is 2. The number of hydrogen-bond acceptors (Lipinski definition) is 4. The van der Waals surface area contributed by atoms with Gasteiger partial charge in [-0.25, -0.2) is 8.42 Å². The van der Waals surface area contributed by atoms with Gasteiger partial charge in [-0.3, -0.25) is 13.9 Å². The third-order valence-corrected chi connectivity index (χ3v) is 7.76. The molecule has 0 bridgehead atoms. The quantitative estimate of drug-likeness (QED) is 0.364. The molecule has 0 fully saturated rings. The second kappa shape index (κ2) is 13.3. The van der Waals surface area contributed by atoms with E-state index in [2.05, 4.69) is 5.32 Å². The van der Waals surface area contributed by atoms with Crippen molar-refractivity contribution in [2.45, 2.75) is 59.0 Å². The number of nitrogens with zero attached hydrogens (tertiary/aromatic N) is 2. The molecule has 0 saturated carbocycles. The first-order chi connectivity index (χ1) is 16.9. The van der Waals surface area contributed by atoms with Crippen LogP contribution in [0.3, 0.4) is 0 Å². The average molecular weight is 557 g/mol. The van der Waals surface area contributed by atoms with E-state index in [1.165, 1.54) is 4.90 Å². The highest BCUT2D eigenvalue weighted by Gasteiger charge is 2.31. The minimum absolute atomic E-state index is 0.0520. The number of rotatable bonds is 12. The Bertz CT molecular complexity index is 1130. The summed E-state index contributed by atoms with van der Waals surface area (Å²) in [5.41, 5.74) is 1.89. The molecule has 2 aromatic carbocycles. The number of carbonyl (C=O) groups is 2. The highest BCUT2D eigenvalue weighted by atomic mass is 35.5. The number of unbranched alkanes of at least 4 members (excludes halogenated alkanes) is 1. The van der Waals surface area contributed by atoms with Crippen LogP contribution in [-0.2, 0) is 26.2 Å². The van der Waals surface area contributed by atoms with Crippen LogP contribution in [0.5, 0.6) is 0 Å². The predicted molar refractivity (Wildman–Crippen MR) is 147 cm³/mol. The number of nitrogens with one attached hydrogen (secondary N) is 1. The fourth-order valence-corrected chi connectivity index (χ4v) is 4.98. The van der Waals surface area contributed by atoms with Gasteiger partial charge in [-0.2, -0.15) is 0 Å². The van der Waals surface area contributed by atoms with Crippen molar-refractivity contribution in [3.05, 3.63) is 63.6 Å². The molecule has 0 unspecified atom stereocenters. The zero-order valence-electron chi connectivity index (χ0n) is 21.4. The van der Waals surface area contributed by atoms with Gasteiger partial charge in [-0.15, -0.1) is 0 Å². The Labute approximate surface area is 224 Å². The van der Waals surface area contributed by atoms with Gasteiger partial charge >= 0.3 is 0 Å². The maximum Gasteiger partial charge on any atom is 0.244 e. The molecule has 1 N–H and O–H groups in total. The topological polar surface area (TPSA) is 86.8 Å². The molecule has 0 aromatic heterocycles. The summed E-state index contributed by atoms with van der Waals surface area (Å²) in [7, 11) is -3.80.